The Balaban J connectivity index is 1.92. The fourth-order valence-electron chi connectivity index (χ4n) is 2.26. The number of aliphatic hydroxyl groups excluding tert-OH is 1. The molecule has 0 radical (unpaired) electrons. The van der Waals surface area contributed by atoms with E-state index in [-0.39, 0.29) is 6.61 Å². The maximum absolute atomic E-state index is 9.07. The smallest absolute Gasteiger partial charge is 0.0494 e. The van der Waals surface area contributed by atoms with Crippen molar-refractivity contribution in [2.45, 2.75) is 32.4 Å². The van der Waals surface area contributed by atoms with E-state index in [0.29, 0.717) is 18.0 Å². The van der Waals surface area contributed by atoms with Gasteiger partial charge in [-0.05, 0) is 37.3 Å². The standard InChI is InChI=1S/C13H19NOS/c1-9-5-6-16-13(9)10(2)14-12-4-3-11(7-12)8-15/h3-6,10-12,14-15H,7-8H2,1-2H3/t10-,11-,12+/m0/s1. The first-order valence-corrected chi connectivity index (χ1v) is 6.68. The third-order valence-corrected chi connectivity index (χ3v) is 4.37. The van der Waals surface area contributed by atoms with Crippen molar-refractivity contribution in [1.29, 1.82) is 0 Å². The van der Waals surface area contributed by atoms with Crippen LogP contribution in [0.4, 0.5) is 0 Å². The Morgan fingerprint density at radius 1 is 1.56 bits per heavy atom. The highest BCUT2D eigenvalue weighted by atomic mass is 32.1. The number of hydrogen-bond acceptors (Lipinski definition) is 3. The first-order chi connectivity index (χ1) is 7.70. The van der Waals surface area contributed by atoms with E-state index in [2.05, 4.69) is 42.8 Å². The van der Waals surface area contributed by atoms with Gasteiger partial charge in [-0.15, -0.1) is 11.3 Å². The van der Waals surface area contributed by atoms with E-state index in [1.54, 1.807) is 0 Å². The highest BCUT2D eigenvalue weighted by Gasteiger charge is 2.20. The van der Waals surface area contributed by atoms with Crippen LogP contribution in [0.2, 0.25) is 0 Å². The lowest BCUT2D eigenvalue weighted by Gasteiger charge is -2.19. The van der Waals surface area contributed by atoms with E-state index in [1.165, 1.54) is 10.4 Å². The van der Waals surface area contributed by atoms with Crippen molar-refractivity contribution in [3.8, 4) is 0 Å². The number of aliphatic hydroxyl groups is 1. The van der Waals surface area contributed by atoms with Gasteiger partial charge in [-0.2, -0.15) is 0 Å². The Kier molecular flexibility index (Phi) is 3.79. The van der Waals surface area contributed by atoms with Crippen LogP contribution < -0.4 is 5.32 Å². The molecule has 1 aromatic rings. The van der Waals surface area contributed by atoms with Crippen LogP contribution in [-0.2, 0) is 0 Å². The summed E-state index contributed by atoms with van der Waals surface area (Å²) < 4.78 is 0. The quantitative estimate of drug-likeness (QED) is 0.789. The lowest BCUT2D eigenvalue weighted by atomic mass is 10.1. The second kappa shape index (κ2) is 5.13. The lowest BCUT2D eigenvalue weighted by Crippen LogP contribution is -2.29. The van der Waals surface area contributed by atoms with Crippen LogP contribution in [0.5, 0.6) is 0 Å². The van der Waals surface area contributed by atoms with Gasteiger partial charge in [-0.3, -0.25) is 0 Å². The summed E-state index contributed by atoms with van der Waals surface area (Å²) >= 11 is 1.81. The number of thiophene rings is 1. The molecule has 0 amide bonds. The van der Waals surface area contributed by atoms with E-state index in [1.807, 2.05) is 11.3 Å². The molecule has 0 bridgehead atoms. The predicted molar refractivity (Wildman–Crippen MR) is 68.7 cm³/mol. The molecule has 1 heterocycles. The van der Waals surface area contributed by atoms with Crippen molar-refractivity contribution >= 4 is 11.3 Å². The van der Waals surface area contributed by atoms with E-state index in [0.717, 1.165) is 6.42 Å². The fraction of sp³-hybridized carbons (Fsp3) is 0.538. The van der Waals surface area contributed by atoms with Crippen molar-refractivity contribution in [3.05, 3.63) is 34.0 Å². The van der Waals surface area contributed by atoms with Crippen LogP contribution in [-0.4, -0.2) is 17.8 Å². The minimum absolute atomic E-state index is 0.265. The molecule has 0 spiro atoms. The SMILES string of the molecule is Cc1ccsc1[C@H](C)N[C@@H]1C=C[C@H](CO)C1. The summed E-state index contributed by atoms with van der Waals surface area (Å²) in [7, 11) is 0. The summed E-state index contributed by atoms with van der Waals surface area (Å²) in [6.07, 6.45) is 5.32. The maximum Gasteiger partial charge on any atom is 0.0494 e. The number of aryl methyl sites for hydroxylation is 1. The van der Waals surface area contributed by atoms with E-state index in [4.69, 9.17) is 5.11 Å². The molecule has 0 saturated heterocycles. The number of nitrogens with one attached hydrogen (secondary N) is 1. The molecule has 0 fully saturated rings. The summed E-state index contributed by atoms with van der Waals surface area (Å²) in [4.78, 5) is 1.42. The van der Waals surface area contributed by atoms with Crippen LogP contribution in [0.15, 0.2) is 23.6 Å². The normalized spacial score (nSPS) is 26.2. The van der Waals surface area contributed by atoms with Crippen molar-refractivity contribution < 1.29 is 5.11 Å². The predicted octanol–water partition coefficient (Wildman–Crippen LogP) is 2.64. The van der Waals surface area contributed by atoms with Gasteiger partial charge < -0.3 is 10.4 Å². The second-order valence-electron chi connectivity index (χ2n) is 4.53. The largest absolute Gasteiger partial charge is 0.396 e. The van der Waals surface area contributed by atoms with Crippen LogP contribution in [0.25, 0.3) is 0 Å². The molecular formula is C13H19NOS. The molecule has 2 rings (SSSR count). The Morgan fingerprint density at radius 3 is 2.94 bits per heavy atom. The van der Waals surface area contributed by atoms with E-state index < -0.39 is 0 Å². The number of hydrogen-bond donors (Lipinski definition) is 2. The van der Waals surface area contributed by atoms with Crippen LogP contribution in [0, 0.1) is 12.8 Å². The zero-order chi connectivity index (χ0) is 11.5. The summed E-state index contributed by atoms with van der Waals surface area (Å²) in [6, 6.07) is 2.97. The summed E-state index contributed by atoms with van der Waals surface area (Å²) in [6.45, 7) is 4.63. The van der Waals surface area contributed by atoms with Gasteiger partial charge in [-0.25, -0.2) is 0 Å². The number of rotatable bonds is 4. The van der Waals surface area contributed by atoms with Gasteiger partial charge in [0.2, 0.25) is 0 Å². The molecule has 0 aliphatic heterocycles. The van der Waals surface area contributed by atoms with Gasteiger partial charge in [0.1, 0.15) is 0 Å². The van der Waals surface area contributed by atoms with Gasteiger partial charge >= 0.3 is 0 Å². The van der Waals surface area contributed by atoms with Crippen molar-refractivity contribution in [3.63, 3.8) is 0 Å². The molecule has 1 aliphatic carbocycles. The molecule has 0 unspecified atom stereocenters. The topological polar surface area (TPSA) is 32.3 Å². The average molecular weight is 237 g/mol. The summed E-state index contributed by atoms with van der Waals surface area (Å²) in [5, 5.41) is 14.8. The Morgan fingerprint density at radius 2 is 2.38 bits per heavy atom. The highest BCUT2D eigenvalue weighted by molar-refractivity contribution is 7.10. The van der Waals surface area contributed by atoms with Crippen molar-refractivity contribution in [2.24, 2.45) is 5.92 Å². The monoisotopic (exact) mass is 237 g/mol. The molecule has 3 heteroatoms. The van der Waals surface area contributed by atoms with Gasteiger partial charge in [-0.1, -0.05) is 12.2 Å². The summed E-state index contributed by atoms with van der Waals surface area (Å²) in [5.74, 6) is 0.342. The molecular weight excluding hydrogens is 218 g/mol. The zero-order valence-corrected chi connectivity index (χ0v) is 10.6. The van der Waals surface area contributed by atoms with E-state index in [9.17, 15) is 0 Å². The minimum atomic E-state index is 0.265. The molecule has 3 atom stereocenters. The Hall–Kier alpha value is -0.640. The van der Waals surface area contributed by atoms with Gasteiger partial charge in [0.15, 0.2) is 0 Å². The van der Waals surface area contributed by atoms with Crippen LogP contribution >= 0.6 is 11.3 Å². The van der Waals surface area contributed by atoms with E-state index >= 15 is 0 Å². The molecule has 0 saturated carbocycles. The zero-order valence-electron chi connectivity index (χ0n) is 9.81. The van der Waals surface area contributed by atoms with Crippen LogP contribution in [0.1, 0.15) is 29.8 Å². The van der Waals surface area contributed by atoms with Crippen LogP contribution in [0.3, 0.4) is 0 Å². The molecule has 2 N–H and O–H groups in total. The minimum Gasteiger partial charge on any atom is -0.396 e. The molecule has 16 heavy (non-hydrogen) atoms. The van der Waals surface area contributed by atoms with Gasteiger partial charge in [0, 0.05) is 29.5 Å². The molecule has 2 nitrogen and oxygen atoms in total. The molecule has 0 aromatic carbocycles. The molecule has 1 aliphatic rings. The maximum atomic E-state index is 9.07. The Labute approximate surface area is 101 Å². The fourth-order valence-corrected chi connectivity index (χ4v) is 3.20. The van der Waals surface area contributed by atoms with Crippen molar-refractivity contribution in [1.82, 2.24) is 5.32 Å². The lowest BCUT2D eigenvalue weighted by molar-refractivity contribution is 0.245. The van der Waals surface area contributed by atoms with Crippen molar-refractivity contribution in [2.75, 3.05) is 6.61 Å². The molecule has 88 valence electrons. The second-order valence-corrected chi connectivity index (χ2v) is 5.47. The summed E-state index contributed by atoms with van der Waals surface area (Å²) in [5.41, 5.74) is 1.37. The van der Waals surface area contributed by atoms with Gasteiger partial charge in [0.25, 0.3) is 0 Å². The average Bonchev–Trinajstić information content (AvgIpc) is 2.86. The molecule has 1 aromatic heterocycles. The highest BCUT2D eigenvalue weighted by Crippen LogP contribution is 2.26. The third-order valence-electron chi connectivity index (χ3n) is 3.17. The third kappa shape index (κ3) is 2.54. The first kappa shape index (κ1) is 11.8. The first-order valence-electron chi connectivity index (χ1n) is 5.80. The van der Waals surface area contributed by atoms with Gasteiger partial charge in [0.05, 0.1) is 0 Å². The Bertz CT molecular complexity index is 372.